The standard InChI is InChI=1S/C9H13N3O4S/c10-6-7(15)4(3-13)16-8(6)12-2-1-5(14)11-9(12)17/h1-2,4,6-8,13,15H,3,10H2,(H,11,14,17)/t4-,6?,7?,8-/m0/s1. The van der Waals surface area contributed by atoms with Gasteiger partial charge in [-0.15, -0.1) is 0 Å². The van der Waals surface area contributed by atoms with Gasteiger partial charge in [-0.1, -0.05) is 0 Å². The quantitative estimate of drug-likeness (QED) is 0.480. The summed E-state index contributed by atoms with van der Waals surface area (Å²) in [7, 11) is 0. The van der Waals surface area contributed by atoms with Gasteiger partial charge in [0.05, 0.1) is 12.6 Å². The Labute approximate surface area is 101 Å². The lowest BCUT2D eigenvalue weighted by Gasteiger charge is -2.18. The molecule has 0 amide bonds. The lowest BCUT2D eigenvalue weighted by atomic mass is 10.1. The predicted octanol–water partition coefficient (Wildman–Crippen LogP) is -1.52. The molecule has 8 heteroatoms. The van der Waals surface area contributed by atoms with E-state index >= 15 is 0 Å². The molecule has 1 saturated heterocycles. The van der Waals surface area contributed by atoms with Crippen LogP contribution in [0.4, 0.5) is 0 Å². The van der Waals surface area contributed by atoms with Gasteiger partial charge in [0, 0.05) is 12.3 Å². The van der Waals surface area contributed by atoms with E-state index in [9.17, 15) is 9.90 Å². The minimum atomic E-state index is -0.973. The van der Waals surface area contributed by atoms with E-state index in [1.807, 2.05) is 0 Å². The highest BCUT2D eigenvalue weighted by Crippen LogP contribution is 2.27. The number of nitrogens with two attached hydrogens (primary N) is 1. The molecular formula is C9H13N3O4S. The molecule has 17 heavy (non-hydrogen) atoms. The van der Waals surface area contributed by atoms with Crippen molar-refractivity contribution in [2.45, 2.75) is 24.5 Å². The van der Waals surface area contributed by atoms with E-state index in [0.29, 0.717) is 0 Å². The van der Waals surface area contributed by atoms with Crippen LogP contribution in [0.25, 0.3) is 0 Å². The third-order valence-electron chi connectivity index (χ3n) is 2.72. The van der Waals surface area contributed by atoms with Crippen molar-refractivity contribution in [3.05, 3.63) is 27.4 Å². The third-order valence-corrected chi connectivity index (χ3v) is 3.04. The summed E-state index contributed by atoms with van der Waals surface area (Å²) in [6.07, 6.45) is -0.979. The fourth-order valence-electron chi connectivity index (χ4n) is 1.80. The van der Waals surface area contributed by atoms with Gasteiger partial charge in [0.15, 0.2) is 11.0 Å². The van der Waals surface area contributed by atoms with Crippen molar-refractivity contribution < 1.29 is 14.9 Å². The van der Waals surface area contributed by atoms with Gasteiger partial charge < -0.3 is 20.7 Å². The molecule has 0 spiro atoms. The van der Waals surface area contributed by atoms with Crippen molar-refractivity contribution in [1.82, 2.24) is 9.55 Å². The maximum absolute atomic E-state index is 11.0. The van der Waals surface area contributed by atoms with E-state index in [-0.39, 0.29) is 16.9 Å². The minimum Gasteiger partial charge on any atom is -0.394 e. The van der Waals surface area contributed by atoms with Gasteiger partial charge in [0.1, 0.15) is 12.2 Å². The molecule has 1 aromatic heterocycles. The Morgan fingerprint density at radius 1 is 1.65 bits per heavy atom. The van der Waals surface area contributed by atoms with Crippen LogP contribution in [0.15, 0.2) is 17.1 Å². The van der Waals surface area contributed by atoms with Crippen LogP contribution in [0, 0.1) is 4.77 Å². The zero-order chi connectivity index (χ0) is 12.6. The summed E-state index contributed by atoms with van der Waals surface area (Å²) in [5.74, 6) is 0. The molecule has 2 rings (SSSR count). The first-order valence-electron chi connectivity index (χ1n) is 5.06. The number of hydrogen-bond acceptors (Lipinski definition) is 6. The topological polar surface area (TPSA) is 114 Å². The number of aromatic amines is 1. The fourth-order valence-corrected chi connectivity index (χ4v) is 2.06. The van der Waals surface area contributed by atoms with Crippen LogP contribution in [-0.2, 0) is 4.74 Å². The van der Waals surface area contributed by atoms with Crippen molar-refractivity contribution in [3.8, 4) is 0 Å². The third kappa shape index (κ3) is 2.17. The average Bonchev–Trinajstić information content (AvgIpc) is 2.57. The lowest BCUT2D eigenvalue weighted by Crippen LogP contribution is -2.40. The SMILES string of the molecule is NC1C(O)[C@H](CO)O[C@@H]1n1ccc(=O)[nH]c1=S. The number of aliphatic hydroxyl groups is 2. The summed E-state index contributed by atoms with van der Waals surface area (Å²) >= 11 is 4.97. The zero-order valence-corrected chi connectivity index (χ0v) is 9.63. The predicted molar refractivity (Wildman–Crippen MR) is 60.9 cm³/mol. The summed E-state index contributed by atoms with van der Waals surface area (Å²) in [6.45, 7) is -0.331. The Balaban J connectivity index is 2.35. The number of hydrogen-bond donors (Lipinski definition) is 4. The van der Waals surface area contributed by atoms with Gasteiger partial charge >= 0.3 is 0 Å². The van der Waals surface area contributed by atoms with E-state index < -0.39 is 24.5 Å². The molecule has 2 unspecified atom stereocenters. The Bertz CT molecular complexity index is 513. The van der Waals surface area contributed by atoms with E-state index in [1.165, 1.54) is 16.8 Å². The monoisotopic (exact) mass is 259 g/mol. The molecule has 1 aliphatic rings. The van der Waals surface area contributed by atoms with Gasteiger partial charge in [0.2, 0.25) is 0 Å². The van der Waals surface area contributed by atoms with Crippen molar-refractivity contribution in [3.63, 3.8) is 0 Å². The second kappa shape index (κ2) is 4.67. The van der Waals surface area contributed by atoms with Gasteiger partial charge in [-0.05, 0) is 12.2 Å². The zero-order valence-electron chi connectivity index (χ0n) is 8.81. The van der Waals surface area contributed by atoms with Gasteiger partial charge in [-0.3, -0.25) is 14.3 Å². The number of nitrogens with zero attached hydrogens (tertiary/aromatic N) is 1. The van der Waals surface area contributed by atoms with Gasteiger partial charge in [-0.2, -0.15) is 0 Å². The number of ether oxygens (including phenoxy) is 1. The smallest absolute Gasteiger partial charge is 0.251 e. The normalized spacial score (nSPS) is 32.9. The molecule has 0 bridgehead atoms. The van der Waals surface area contributed by atoms with Crippen molar-refractivity contribution >= 4 is 12.2 Å². The molecule has 0 saturated carbocycles. The van der Waals surface area contributed by atoms with Gasteiger partial charge in [-0.25, -0.2) is 0 Å². The summed E-state index contributed by atoms with van der Waals surface area (Å²) in [5.41, 5.74) is 5.46. The molecule has 1 fully saturated rings. The second-order valence-electron chi connectivity index (χ2n) is 3.83. The van der Waals surface area contributed by atoms with Crippen molar-refractivity contribution in [1.29, 1.82) is 0 Å². The van der Waals surface area contributed by atoms with Crippen molar-refractivity contribution in [2.75, 3.05) is 6.61 Å². The van der Waals surface area contributed by atoms with E-state index in [0.717, 1.165) is 0 Å². The number of rotatable bonds is 2. The number of H-pyrrole nitrogens is 1. The summed E-state index contributed by atoms with van der Waals surface area (Å²) in [4.78, 5) is 13.5. The first-order valence-corrected chi connectivity index (χ1v) is 5.47. The van der Waals surface area contributed by atoms with Crippen LogP contribution in [0.1, 0.15) is 6.23 Å². The van der Waals surface area contributed by atoms with Gasteiger partial charge in [0.25, 0.3) is 5.56 Å². The molecule has 94 valence electrons. The maximum Gasteiger partial charge on any atom is 0.251 e. The second-order valence-corrected chi connectivity index (χ2v) is 4.22. The van der Waals surface area contributed by atoms with Crippen LogP contribution in [-0.4, -0.2) is 44.6 Å². The fraction of sp³-hybridized carbons (Fsp3) is 0.556. The highest BCUT2D eigenvalue weighted by molar-refractivity contribution is 7.71. The number of nitrogens with one attached hydrogen (secondary N) is 1. The molecule has 0 aliphatic carbocycles. The van der Waals surface area contributed by atoms with Crippen LogP contribution < -0.4 is 11.3 Å². The molecule has 0 aromatic carbocycles. The maximum atomic E-state index is 11.0. The first-order chi connectivity index (χ1) is 8.04. The van der Waals surface area contributed by atoms with Crippen LogP contribution >= 0.6 is 12.2 Å². The minimum absolute atomic E-state index is 0.156. The van der Waals surface area contributed by atoms with Crippen LogP contribution in [0.3, 0.4) is 0 Å². The number of aromatic nitrogens is 2. The van der Waals surface area contributed by atoms with E-state index in [4.69, 9.17) is 27.8 Å². The molecular weight excluding hydrogens is 246 g/mol. The number of aliphatic hydroxyl groups excluding tert-OH is 2. The molecule has 0 radical (unpaired) electrons. The Kier molecular flexibility index (Phi) is 3.40. The Hall–Kier alpha value is -1.06. The molecule has 1 aliphatic heterocycles. The highest BCUT2D eigenvalue weighted by atomic mass is 32.1. The van der Waals surface area contributed by atoms with Crippen LogP contribution in [0.2, 0.25) is 0 Å². The molecule has 2 heterocycles. The largest absolute Gasteiger partial charge is 0.394 e. The average molecular weight is 259 g/mol. The van der Waals surface area contributed by atoms with Crippen molar-refractivity contribution in [2.24, 2.45) is 5.73 Å². The summed E-state index contributed by atoms with van der Waals surface area (Å²) < 4.78 is 6.99. The highest BCUT2D eigenvalue weighted by Gasteiger charge is 2.42. The Morgan fingerprint density at radius 3 is 2.88 bits per heavy atom. The molecule has 7 nitrogen and oxygen atoms in total. The van der Waals surface area contributed by atoms with E-state index in [2.05, 4.69) is 4.98 Å². The Morgan fingerprint density at radius 2 is 2.35 bits per heavy atom. The van der Waals surface area contributed by atoms with Crippen LogP contribution in [0.5, 0.6) is 0 Å². The first kappa shape index (κ1) is 12.4. The molecule has 5 N–H and O–H groups in total. The molecule has 4 atom stereocenters. The summed E-state index contributed by atoms with van der Waals surface area (Å²) in [5, 5.41) is 18.7. The van der Waals surface area contributed by atoms with E-state index in [1.54, 1.807) is 0 Å². The summed E-state index contributed by atoms with van der Waals surface area (Å²) in [6, 6.07) is 0.564. The molecule has 1 aromatic rings. The lowest BCUT2D eigenvalue weighted by molar-refractivity contribution is -0.0458.